The number of amides is 4. The van der Waals surface area contributed by atoms with Crippen LogP contribution in [0.5, 0.6) is 0 Å². The molecule has 3 aromatic rings. The van der Waals surface area contributed by atoms with Crippen LogP contribution in [0.1, 0.15) is 75.7 Å². The summed E-state index contributed by atoms with van der Waals surface area (Å²) in [6, 6.07) is 6.59. The first-order chi connectivity index (χ1) is 23.6. The van der Waals surface area contributed by atoms with Gasteiger partial charge in [0.05, 0.1) is 5.52 Å². The smallest absolute Gasteiger partial charge is 0.287 e. The molecule has 0 saturated heterocycles. The van der Waals surface area contributed by atoms with E-state index in [0.29, 0.717) is 22.8 Å². The summed E-state index contributed by atoms with van der Waals surface area (Å²) in [4.78, 5) is 86.3. The molecule has 4 saturated carbocycles. The fraction of sp³-hybridized carbons (Fsp3) is 0.500. The Kier molecular flexibility index (Phi) is 9.89. The zero-order chi connectivity index (χ0) is 34.7. The minimum absolute atomic E-state index is 0.0311. The van der Waals surface area contributed by atoms with Gasteiger partial charge in [-0.25, -0.2) is 4.98 Å². The van der Waals surface area contributed by atoms with E-state index in [1.807, 2.05) is 0 Å². The Morgan fingerprint density at radius 3 is 2.53 bits per heavy atom. The van der Waals surface area contributed by atoms with E-state index in [-0.39, 0.29) is 49.3 Å². The molecule has 3 aromatic heterocycles. The lowest BCUT2D eigenvalue weighted by Gasteiger charge is -2.60. The minimum Gasteiger partial charge on any atom is -0.351 e. The van der Waals surface area contributed by atoms with Gasteiger partial charge in [-0.05, 0) is 98.9 Å². The predicted molar refractivity (Wildman–Crippen MR) is 181 cm³/mol. The lowest BCUT2D eigenvalue weighted by atomic mass is 9.47. The van der Waals surface area contributed by atoms with Gasteiger partial charge in [0.1, 0.15) is 24.0 Å². The molecule has 4 amide bonds. The fourth-order valence-corrected chi connectivity index (χ4v) is 8.46. The maximum Gasteiger partial charge on any atom is 0.287 e. The van der Waals surface area contributed by atoms with Gasteiger partial charge >= 0.3 is 0 Å². The highest BCUT2D eigenvalue weighted by Crippen LogP contribution is 2.61. The summed E-state index contributed by atoms with van der Waals surface area (Å²) in [7, 11) is 0. The molecule has 0 radical (unpaired) electrons. The second-order valence-corrected chi connectivity index (χ2v) is 13.9. The van der Waals surface area contributed by atoms with Crippen LogP contribution in [0.25, 0.3) is 10.9 Å². The van der Waals surface area contributed by atoms with E-state index in [2.05, 4.69) is 38.2 Å². The van der Waals surface area contributed by atoms with E-state index >= 15 is 0 Å². The van der Waals surface area contributed by atoms with Crippen molar-refractivity contribution in [2.45, 2.75) is 83.8 Å². The second-order valence-electron chi connectivity index (χ2n) is 13.9. The first-order valence-corrected chi connectivity index (χ1v) is 17.2. The minimum atomic E-state index is -1.29. The molecule has 4 fully saturated rings. The zero-order valence-electron chi connectivity index (χ0n) is 27.9. The van der Waals surface area contributed by atoms with Gasteiger partial charge < -0.3 is 25.8 Å². The van der Waals surface area contributed by atoms with Gasteiger partial charge in [0.15, 0.2) is 0 Å². The standard InChI is InChI=1S/C36H43N7O6/c1-3-36-16-21-14-23(17-36)31(24(15-21)18-36)42-30(45)20-43-13-5-6-28(35(43)49)41-33(47)27(9-10-29(44)34(48)38-4-2)40-32(46)26-8-7-22-19-37-12-11-25(22)39-26/h5-8,11-13,19,21,23-24,27,31H,3-4,9-10,14-18,20H2,1-2H3,(H,38,48)(H,40,46)(H,41,47)(H,42,45)/t21?,23?,24?,27-,31?,36?/m0/s1. The number of carbonyl (C=O) groups is 5. The van der Waals surface area contributed by atoms with Crippen molar-refractivity contribution in [3.63, 3.8) is 0 Å². The van der Waals surface area contributed by atoms with Crippen LogP contribution >= 0.6 is 0 Å². The third-order valence-electron chi connectivity index (χ3n) is 10.7. The van der Waals surface area contributed by atoms with Gasteiger partial charge in [0, 0.05) is 43.0 Å². The molecule has 258 valence electrons. The van der Waals surface area contributed by atoms with E-state index < -0.39 is 35.1 Å². The Balaban J connectivity index is 1.13. The van der Waals surface area contributed by atoms with E-state index in [0.717, 1.165) is 37.0 Å². The average molecular weight is 670 g/mol. The van der Waals surface area contributed by atoms with Gasteiger partial charge in [-0.15, -0.1) is 0 Å². The number of carbonyl (C=O) groups excluding carboxylic acids is 5. The van der Waals surface area contributed by atoms with E-state index in [4.69, 9.17) is 0 Å². The summed E-state index contributed by atoms with van der Waals surface area (Å²) in [5.74, 6) is -1.56. The third-order valence-corrected chi connectivity index (χ3v) is 10.7. The maximum atomic E-state index is 13.5. The number of nitrogens with one attached hydrogen (secondary N) is 4. The lowest BCUT2D eigenvalue weighted by molar-refractivity contribution is -0.138. The molecule has 2 unspecified atom stereocenters. The Morgan fingerprint density at radius 2 is 1.80 bits per heavy atom. The SMILES string of the molecule is CCNC(=O)C(=O)CC[C@H](NC(=O)c1ccc2cnccc2n1)C(=O)Nc1cccn(CC(=O)NC2C3CC4CC2CC(CC)(C4)C3)c1=O. The van der Waals surface area contributed by atoms with Crippen LogP contribution in [0, 0.1) is 23.2 Å². The number of Topliss-reactive ketones (excluding diaryl/α,β-unsaturated/α-hetero) is 1. The highest BCUT2D eigenvalue weighted by atomic mass is 16.2. The van der Waals surface area contributed by atoms with Crippen molar-refractivity contribution in [2.75, 3.05) is 11.9 Å². The number of anilines is 1. The molecule has 49 heavy (non-hydrogen) atoms. The molecule has 0 aromatic carbocycles. The molecule has 0 spiro atoms. The number of hydrogen-bond donors (Lipinski definition) is 4. The molecular formula is C36H43N7O6. The normalized spacial score (nSPS) is 24.2. The van der Waals surface area contributed by atoms with Crippen molar-refractivity contribution in [3.8, 4) is 0 Å². The van der Waals surface area contributed by atoms with Crippen LogP contribution < -0.4 is 26.8 Å². The topological polar surface area (TPSA) is 181 Å². The number of pyridine rings is 3. The van der Waals surface area contributed by atoms with Gasteiger partial charge in [0.2, 0.25) is 17.6 Å². The Hall–Kier alpha value is -4.94. The lowest BCUT2D eigenvalue weighted by Crippen LogP contribution is -2.59. The zero-order valence-corrected chi connectivity index (χ0v) is 27.9. The highest BCUT2D eigenvalue weighted by molar-refractivity contribution is 6.36. The van der Waals surface area contributed by atoms with Gasteiger partial charge in [-0.3, -0.25) is 33.8 Å². The van der Waals surface area contributed by atoms with Gasteiger partial charge in [0.25, 0.3) is 17.4 Å². The van der Waals surface area contributed by atoms with Crippen LogP contribution in [-0.2, 0) is 25.7 Å². The third kappa shape index (κ3) is 7.40. The van der Waals surface area contributed by atoms with Crippen LogP contribution in [0.4, 0.5) is 5.69 Å². The largest absolute Gasteiger partial charge is 0.351 e. The number of aromatic nitrogens is 3. The maximum absolute atomic E-state index is 13.5. The second kappa shape index (κ2) is 14.3. The van der Waals surface area contributed by atoms with Crippen molar-refractivity contribution >= 4 is 46.0 Å². The van der Waals surface area contributed by atoms with Crippen molar-refractivity contribution in [2.24, 2.45) is 23.2 Å². The quantitative estimate of drug-likeness (QED) is 0.201. The summed E-state index contributed by atoms with van der Waals surface area (Å²) in [6.07, 6.45) is 11.2. The summed E-state index contributed by atoms with van der Waals surface area (Å²) < 4.78 is 1.24. The Bertz CT molecular complexity index is 1820. The molecule has 3 heterocycles. The van der Waals surface area contributed by atoms with Crippen molar-refractivity contribution in [3.05, 3.63) is 65.0 Å². The first kappa shape index (κ1) is 33.9. The van der Waals surface area contributed by atoms with Crippen LogP contribution in [0.15, 0.2) is 53.7 Å². The Morgan fingerprint density at radius 1 is 1.02 bits per heavy atom. The van der Waals surface area contributed by atoms with Crippen LogP contribution in [0.3, 0.4) is 0 Å². The molecule has 3 atom stereocenters. The van der Waals surface area contributed by atoms with E-state index in [9.17, 15) is 28.8 Å². The Labute approximate surface area is 284 Å². The van der Waals surface area contributed by atoms with Gasteiger partial charge in [-0.2, -0.15) is 0 Å². The number of hydrogen-bond acceptors (Lipinski definition) is 8. The molecule has 0 aliphatic heterocycles. The van der Waals surface area contributed by atoms with E-state index in [1.165, 1.54) is 35.7 Å². The number of likely N-dealkylation sites (N-methyl/N-ethyl adjacent to an activating group) is 1. The summed E-state index contributed by atoms with van der Waals surface area (Å²) >= 11 is 0. The first-order valence-electron chi connectivity index (χ1n) is 17.2. The molecule has 4 bridgehead atoms. The fourth-order valence-electron chi connectivity index (χ4n) is 8.46. The van der Waals surface area contributed by atoms with Crippen LogP contribution in [-0.4, -0.2) is 62.6 Å². The number of ketones is 1. The van der Waals surface area contributed by atoms with Crippen molar-refractivity contribution in [1.29, 1.82) is 0 Å². The number of rotatable bonds is 13. The molecule has 13 nitrogen and oxygen atoms in total. The summed E-state index contributed by atoms with van der Waals surface area (Å²) in [5, 5.41) is 11.6. The molecular weight excluding hydrogens is 626 g/mol. The van der Waals surface area contributed by atoms with Crippen molar-refractivity contribution in [1.82, 2.24) is 30.5 Å². The molecule has 4 aliphatic carbocycles. The number of fused-ring (bicyclic) bond motifs is 1. The average Bonchev–Trinajstić information content (AvgIpc) is 3.09. The van der Waals surface area contributed by atoms with Crippen LogP contribution in [0.2, 0.25) is 0 Å². The number of nitrogens with zero attached hydrogens (tertiary/aromatic N) is 3. The summed E-state index contributed by atoms with van der Waals surface area (Å²) in [6.45, 7) is 4.01. The molecule has 4 aliphatic rings. The van der Waals surface area contributed by atoms with Gasteiger partial charge in [-0.1, -0.05) is 13.3 Å². The summed E-state index contributed by atoms with van der Waals surface area (Å²) in [5.41, 5.74) is 0.290. The molecule has 13 heteroatoms. The monoisotopic (exact) mass is 669 g/mol. The molecule has 4 N–H and O–H groups in total. The van der Waals surface area contributed by atoms with E-state index in [1.54, 1.807) is 37.5 Å². The molecule has 7 rings (SSSR count). The predicted octanol–water partition coefficient (Wildman–Crippen LogP) is 2.74. The van der Waals surface area contributed by atoms with Crippen molar-refractivity contribution < 1.29 is 24.0 Å². The highest BCUT2D eigenvalue weighted by Gasteiger charge is 2.54.